The first-order valence-corrected chi connectivity index (χ1v) is 5.87. The van der Waals surface area contributed by atoms with Gasteiger partial charge in [-0.15, -0.1) is 11.3 Å². The molecule has 1 heterocycles. The SMILES string of the molecule is CCCc1csc(CNCCOC)n1. The van der Waals surface area contributed by atoms with Crippen molar-refractivity contribution in [3.63, 3.8) is 0 Å². The highest BCUT2D eigenvalue weighted by Gasteiger charge is 1.99. The Labute approximate surface area is 89.5 Å². The van der Waals surface area contributed by atoms with Crippen LogP contribution in [-0.2, 0) is 17.7 Å². The maximum absolute atomic E-state index is 4.94. The first-order chi connectivity index (χ1) is 6.86. The van der Waals surface area contributed by atoms with Crippen molar-refractivity contribution in [1.82, 2.24) is 10.3 Å². The maximum Gasteiger partial charge on any atom is 0.107 e. The minimum atomic E-state index is 0.757. The highest BCUT2D eigenvalue weighted by atomic mass is 32.1. The standard InChI is InChI=1S/C10H18N2OS/c1-3-4-9-8-14-10(12-9)7-11-5-6-13-2/h8,11H,3-7H2,1-2H3. The number of aryl methyl sites for hydroxylation is 1. The van der Waals surface area contributed by atoms with Crippen molar-refractivity contribution in [1.29, 1.82) is 0 Å². The minimum Gasteiger partial charge on any atom is -0.383 e. The summed E-state index contributed by atoms with van der Waals surface area (Å²) in [7, 11) is 1.71. The van der Waals surface area contributed by atoms with Crippen molar-refractivity contribution in [3.8, 4) is 0 Å². The zero-order valence-corrected chi connectivity index (χ0v) is 9.69. The van der Waals surface area contributed by atoms with E-state index in [0.29, 0.717) is 0 Å². The van der Waals surface area contributed by atoms with Crippen LogP contribution in [0.5, 0.6) is 0 Å². The lowest BCUT2D eigenvalue weighted by molar-refractivity contribution is 0.199. The highest BCUT2D eigenvalue weighted by Crippen LogP contribution is 2.10. The first kappa shape index (κ1) is 11.6. The Bertz CT molecular complexity index is 250. The topological polar surface area (TPSA) is 34.1 Å². The molecular weight excluding hydrogens is 196 g/mol. The average molecular weight is 214 g/mol. The van der Waals surface area contributed by atoms with Gasteiger partial charge in [-0.2, -0.15) is 0 Å². The summed E-state index contributed by atoms with van der Waals surface area (Å²) in [5, 5.41) is 6.60. The summed E-state index contributed by atoms with van der Waals surface area (Å²) in [5.74, 6) is 0. The number of aromatic nitrogens is 1. The largest absolute Gasteiger partial charge is 0.383 e. The fraction of sp³-hybridized carbons (Fsp3) is 0.700. The molecule has 0 amide bonds. The molecule has 0 aromatic carbocycles. The molecule has 0 atom stereocenters. The smallest absolute Gasteiger partial charge is 0.107 e. The molecule has 0 aliphatic heterocycles. The molecule has 14 heavy (non-hydrogen) atoms. The fourth-order valence-corrected chi connectivity index (χ4v) is 1.97. The normalized spacial score (nSPS) is 10.7. The zero-order chi connectivity index (χ0) is 10.2. The van der Waals surface area contributed by atoms with Crippen LogP contribution >= 0.6 is 11.3 Å². The number of methoxy groups -OCH3 is 1. The number of nitrogens with one attached hydrogen (secondary N) is 1. The number of nitrogens with zero attached hydrogens (tertiary/aromatic N) is 1. The van der Waals surface area contributed by atoms with Crippen LogP contribution in [0.25, 0.3) is 0 Å². The number of hydrogen-bond acceptors (Lipinski definition) is 4. The second kappa shape index (κ2) is 6.92. The Hall–Kier alpha value is -0.450. The Morgan fingerprint density at radius 2 is 2.43 bits per heavy atom. The molecule has 0 fully saturated rings. The van der Waals surface area contributed by atoms with Gasteiger partial charge in [-0.05, 0) is 6.42 Å². The summed E-state index contributed by atoms with van der Waals surface area (Å²) < 4.78 is 4.94. The number of hydrogen-bond donors (Lipinski definition) is 1. The van der Waals surface area contributed by atoms with E-state index in [1.54, 1.807) is 18.4 Å². The summed E-state index contributed by atoms with van der Waals surface area (Å²) in [4.78, 5) is 4.51. The Kier molecular flexibility index (Phi) is 5.75. The van der Waals surface area contributed by atoms with E-state index in [1.807, 2.05) is 0 Å². The van der Waals surface area contributed by atoms with E-state index in [0.717, 1.165) is 26.1 Å². The van der Waals surface area contributed by atoms with Gasteiger partial charge in [0.15, 0.2) is 0 Å². The van der Waals surface area contributed by atoms with Crippen molar-refractivity contribution >= 4 is 11.3 Å². The van der Waals surface area contributed by atoms with Gasteiger partial charge in [0.2, 0.25) is 0 Å². The first-order valence-electron chi connectivity index (χ1n) is 4.99. The molecule has 0 aliphatic carbocycles. The van der Waals surface area contributed by atoms with Gasteiger partial charge in [-0.3, -0.25) is 0 Å². The van der Waals surface area contributed by atoms with Crippen LogP contribution in [0.15, 0.2) is 5.38 Å². The van der Waals surface area contributed by atoms with Crippen LogP contribution in [0.4, 0.5) is 0 Å². The van der Waals surface area contributed by atoms with Crippen molar-refractivity contribution < 1.29 is 4.74 Å². The molecule has 80 valence electrons. The summed E-state index contributed by atoms with van der Waals surface area (Å²) in [6.45, 7) is 4.68. The van der Waals surface area contributed by atoms with E-state index < -0.39 is 0 Å². The number of thiazole rings is 1. The molecule has 0 saturated carbocycles. The summed E-state index contributed by atoms with van der Waals surface area (Å²) in [6.07, 6.45) is 2.26. The number of ether oxygens (including phenoxy) is 1. The zero-order valence-electron chi connectivity index (χ0n) is 8.88. The van der Waals surface area contributed by atoms with Crippen LogP contribution in [0.1, 0.15) is 24.0 Å². The lowest BCUT2D eigenvalue weighted by atomic mass is 10.3. The minimum absolute atomic E-state index is 0.757. The van der Waals surface area contributed by atoms with Crippen LogP contribution < -0.4 is 5.32 Å². The maximum atomic E-state index is 4.94. The molecule has 0 spiro atoms. The Balaban J connectivity index is 2.22. The quantitative estimate of drug-likeness (QED) is 0.703. The highest BCUT2D eigenvalue weighted by molar-refractivity contribution is 7.09. The Morgan fingerprint density at radius 3 is 3.14 bits per heavy atom. The van der Waals surface area contributed by atoms with Crippen molar-refractivity contribution in [2.45, 2.75) is 26.3 Å². The molecule has 1 aromatic rings. The lowest BCUT2D eigenvalue weighted by Crippen LogP contribution is -2.18. The average Bonchev–Trinajstić information content (AvgIpc) is 2.61. The third-order valence-corrected chi connectivity index (χ3v) is 2.76. The van der Waals surface area contributed by atoms with Gasteiger partial charge in [-0.1, -0.05) is 13.3 Å². The van der Waals surface area contributed by atoms with Gasteiger partial charge in [-0.25, -0.2) is 4.98 Å². The van der Waals surface area contributed by atoms with Crippen molar-refractivity contribution in [2.75, 3.05) is 20.3 Å². The van der Waals surface area contributed by atoms with E-state index >= 15 is 0 Å². The van der Waals surface area contributed by atoms with Crippen LogP contribution in [-0.4, -0.2) is 25.2 Å². The van der Waals surface area contributed by atoms with Gasteiger partial charge < -0.3 is 10.1 Å². The van der Waals surface area contributed by atoms with E-state index in [9.17, 15) is 0 Å². The molecule has 1 rings (SSSR count). The third-order valence-electron chi connectivity index (χ3n) is 1.86. The molecule has 0 aliphatic rings. The predicted molar refractivity (Wildman–Crippen MR) is 59.7 cm³/mol. The summed E-state index contributed by atoms with van der Waals surface area (Å²) in [5.41, 5.74) is 1.22. The van der Waals surface area contributed by atoms with Gasteiger partial charge in [0.1, 0.15) is 5.01 Å². The molecule has 1 aromatic heterocycles. The monoisotopic (exact) mass is 214 g/mol. The van der Waals surface area contributed by atoms with Crippen molar-refractivity contribution in [3.05, 3.63) is 16.1 Å². The van der Waals surface area contributed by atoms with Crippen LogP contribution in [0.2, 0.25) is 0 Å². The third kappa shape index (κ3) is 4.17. The molecule has 3 nitrogen and oxygen atoms in total. The van der Waals surface area contributed by atoms with Gasteiger partial charge in [0.05, 0.1) is 12.3 Å². The summed E-state index contributed by atoms with van der Waals surface area (Å²) >= 11 is 1.73. The molecule has 1 N–H and O–H groups in total. The van der Waals surface area contributed by atoms with E-state index in [-0.39, 0.29) is 0 Å². The van der Waals surface area contributed by atoms with Crippen molar-refractivity contribution in [2.24, 2.45) is 0 Å². The Morgan fingerprint density at radius 1 is 1.57 bits per heavy atom. The molecule has 0 unspecified atom stereocenters. The molecular formula is C10H18N2OS. The van der Waals surface area contributed by atoms with Gasteiger partial charge >= 0.3 is 0 Å². The van der Waals surface area contributed by atoms with E-state index in [4.69, 9.17) is 4.74 Å². The second-order valence-electron chi connectivity index (χ2n) is 3.15. The molecule has 0 radical (unpaired) electrons. The molecule has 0 bridgehead atoms. The second-order valence-corrected chi connectivity index (χ2v) is 4.09. The van der Waals surface area contributed by atoms with E-state index in [1.165, 1.54) is 17.1 Å². The predicted octanol–water partition coefficient (Wildman–Crippen LogP) is 1.83. The lowest BCUT2D eigenvalue weighted by Gasteiger charge is -2.00. The summed E-state index contributed by atoms with van der Waals surface area (Å²) in [6, 6.07) is 0. The van der Waals surface area contributed by atoms with Crippen LogP contribution in [0.3, 0.4) is 0 Å². The van der Waals surface area contributed by atoms with Gasteiger partial charge in [0.25, 0.3) is 0 Å². The molecule has 4 heteroatoms. The number of rotatable bonds is 7. The van der Waals surface area contributed by atoms with E-state index in [2.05, 4.69) is 22.6 Å². The molecule has 0 saturated heterocycles. The van der Waals surface area contributed by atoms with Crippen LogP contribution in [0, 0.1) is 0 Å². The fourth-order valence-electron chi connectivity index (χ4n) is 1.17. The van der Waals surface area contributed by atoms with Gasteiger partial charge in [0, 0.05) is 25.6 Å².